The van der Waals surface area contributed by atoms with Gasteiger partial charge in [0.2, 0.25) is 0 Å². The van der Waals surface area contributed by atoms with Crippen molar-refractivity contribution in [3.05, 3.63) is 136 Å². The number of hydrogen-bond donors (Lipinski definition) is 2. The fraction of sp³-hybridized carbons (Fsp3) is 0.100. The summed E-state index contributed by atoms with van der Waals surface area (Å²) in [5, 5.41) is 7.60. The number of nitrogens with one attached hydrogen (secondary N) is 2. The molecule has 0 aromatic heterocycles. The maximum Gasteiger partial charge on any atom is 0.271 e. The molecule has 0 aliphatic heterocycles. The predicted octanol–water partition coefficient (Wildman–Crippen LogP) is 7.18. The van der Waals surface area contributed by atoms with Gasteiger partial charge >= 0.3 is 0 Å². The van der Waals surface area contributed by atoms with Crippen LogP contribution in [0.15, 0.2) is 108 Å². The van der Waals surface area contributed by atoms with Crippen LogP contribution in [0.5, 0.6) is 0 Å². The summed E-state index contributed by atoms with van der Waals surface area (Å²) in [6.07, 6.45) is 0. The Morgan fingerprint density at radius 1 is 0.730 bits per heavy atom. The smallest absolute Gasteiger partial charge is 0.271 e. The highest BCUT2D eigenvalue weighted by Gasteiger charge is 2.09. The third-order valence-electron chi connectivity index (χ3n) is 5.55. The van der Waals surface area contributed by atoms with Crippen molar-refractivity contribution in [2.24, 2.45) is 5.10 Å². The summed E-state index contributed by atoms with van der Waals surface area (Å²) in [7, 11) is 0. The number of benzene rings is 4. The molecule has 0 fully saturated rings. The van der Waals surface area contributed by atoms with Crippen molar-refractivity contribution >= 4 is 46.6 Å². The minimum absolute atomic E-state index is 0.260. The van der Waals surface area contributed by atoms with Gasteiger partial charge in [-0.15, -0.1) is 0 Å². The molecule has 0 spiro atoms. The molecule has 2 amide bonds. The van der Waals surface area contributed by atoms with E-state index in [9.17, 15) is 9.59 Å². The summed E-state index contributed by atoms with van der Waals surface area (Å²) in [5.41, 5.74) is 8.08. The van der Waals surface area contributed by atoms with E-state index in [1.807, 2.05) is 66.4 Å². The first-order valence-electron chi connectivity index (χ1n) is 11.7. The maximum absolute atomic E-state index is 12.6. The summed E-state index contributed by atoms with van der Waals surface area (Å²) in [6.45, 7) is 1.80. The number of thioether (sulfide) groups is 1. The maximum atomic E-state index is 12.6. The van der Waals surface area contributed by atoms with Gasteiger partial charge in [-0.2, -0.15) is 16.9 Å². The summed E-state index contributed by atoms with van der Waals surface area (Å²) in [4.78, 5) is 25.1. The van der Waals surface area contributed by atoms with Gasteiger partial charge in [0.25, 0.3) is 11.8 Å². The van der Waals surface area contributed by atoms with Gasteiger partial charge in [-0.25, -0.2) is 5.43 Å². The second kappa shape index (κ2) is 12.9. The lowest BCUT2D eigenvalue weighted by atomic mass is 10.1. The molecule has 7 heteroatoms. The van der Waals surface area contributed by atoms with Gasteiger partial charge in [0, 0.05) is 33.3 Å². The Labute approximate surface area is 226 Å². The molecule has 186 valence electrons. The zero-order valence-electron chi connectivity index (χ0n) is 20.3. The Morgan fingerprint density at radius 2 is 1.41 bits per heavy atom. The molecule has 0 radical (unpaired) electrons. The summed E-state index contributed by atoms with van der Waals surface area (Å²) < 4.78 is 0. The van der Waals surface area contributed by atoms with Crippen LogP contribution in [0.1, 0.15) is 44.3 Å². The molecule has 5 nitrogen and oxygen atoms in total. The molecule has 4 rings (SSSR count). The van der Waals surface area contributed by atoms with Crippen molar-refractivity contribution in [2.45, 2.75) is 18.4 Å². The quantitative estimate of drug-likeness (QED) is 0.179. The molecule has 0 atom stereocenters. The van der Waals surface area contributed by atoms with Crippen molar-refractivity contribution < 1.29 is 9.59 Å². The standard InChI is InChI=1S/C30H26ClN3O2S/c1-21(25-9-6-12-28(18-25)32-29(35)26-10-5-11-27(31)17-26)33-34-30(36)24-15-13-23(14-16-24)20-37-19-22-7-3-2-4-8-22/h2-18H,19-20H2,1H3,(H,32,35)(H,34,36)/b33-21+. The number of rotatable bonds is 9. The van der Waals surface area contributed by atoms with Gasteiger partial charge in [0.1, 0.15) is 0 Å². The molecule has 0 saturated carbocycles. The lowest BCUT2D eigenvalue weighted by Gasteiger charge is -2.08. The van der Waals surface area contributed by atoms with Crippen molar-refractivity contribution in [1.29, 1.82) is 0 Å². The zero-order chi connectivity index (χ0) is 26.0. The zero-order valence-corrected chi connectivity index (χ0v) is 21.9. The second-order valence-electron chi connectivity index (χ2n) is 8.36. The van der Waals surface area contributed by atoms with Crippen molar-refractivity contribution in [3.63, 3.8) is 0 Å². The SMILES string of the molecule is C/C(=N\NC(=O)c1ccc(CSCc2ccccc2)cc1)c1cccc(NC(=O)c2cccc(Cl)c2)c1. The van der Waals surface area contributed by atoms with Crippen LogP contribution < -0.4 is 10.7 Å². The van der Waals surface area contributed by atoms with E-state index in [0.717, 1.165) is 22.6 Å². The molecule has 0 aliphatic carbocycles. The van der Waals surface area contributed by atoms with Gasteiger partial charge in [0.15, 0.2) is 0 Å². The van der Waals surface area contributed by atoms with E-state index in [4.69, 9.17) is 11.6 Å². The summed E-state index contributed by atoms with van der Waals surface area (Å²) in [5.74, 6) is 1.28. The Hall–Kier alpha value is -3.87. The number of amides is 2. The molecule has 37 heavy (non-hydrogen) atoms. The first kappa shape index (κ1) is 26.2. The van der Waals surface area contributed by atoms with Gasteiger partial charge in [0.05, 0.1) is 5.71 Å². The molecule has 4 aromatic rings. The van der Waals surface area contributed by atoms with Gasteiger partial charge in [-0.3, -0.25) is 9.59 Å². The van der Waals surface area contributed by atoms with Crippen LogP contribution in [0.2, 0.25) is 5.02 Å². The molecule has 0 heterocycles. The Kier molecular flexibility index (Phi) is 9.13. The number of carbonyl (C=O) groups is 2. The van der Waals surface area contributed by atoms with Crippen LogP contribution in [0.25, 0.3) is 0 Å². The van der Waals surface area contributed by atoms with E-state index in [0.29, 0.717) is 27.5 Å². The number of nitrogens with zero attached hydrogens (tertiary/aromatic N) is 1. The second-order valence-corrected chi connectivity index (χ2v) is 9.78. The van der Waals surface area contributed by atoms with Gasteiger partial charge in [-0.05, 0) is 66.1 Å². The van der Waals surface area contributed by atoms with Crippen molar-refractivity contribution in [2.75, 3.05) is 5.32 Å². The molecule has 0 bridgehead atoms. The highest BCUT2D eigenvalue weighted by atomic mass is 35.5. The summed E-state index contributed by atoms with van der Waals surface area (Å²) >= 11 is 7.82. The van der Waals surface area contributed by atoms with E-state index in [-0.39, 0.29) is 11.8 Å². The van der Waals surface area contributed by atoms with Gasteiger partial charge < -0.3 is 5.32 Å². The molecule has 0 saturated heterocycles. The number of halogens is 1. The van der Waals surface area contributed by atoms with E-state index >= 15 is 0 Å². The van der Waals surface area contributed by atoms with Crippen LogP contribution in [0.3, 0.4) is 0 Å². The average molecular weight is 528 g/mol. The van der Waals surface area contributed by atoms with Crippen LogP contribution in [0.4, 0.5) is 5.69 Å². The minimum Gasteiger partial charge on any atom is -0.322 e. The topological polar surface area (TPSA) is 70.6 Å². The van der Waals surface area contributed by atoms with Crippen molar-refractivity contribution in [1.82, 2.24) is 5.43 Å². The third-order valence-corrected chi connectivity index (χ3v) is 6.86. The number of hydrogen-bond acceptors (Lipinski definition) is 4. The Balaban J connectivity index is 1.31. The van der Waals surface area contributed by atoms with E-state index < -0.39 is 0 Å². The Morgan fingerprint density at radius 3 is 2.14 bits per heavy atom. The normalized spacial score (nSPS) is 11.1. The first-order chi connectivity index (χ1) is 18.0. The fourth-order valence-electron chi connectivity index (χ4n) is 3.53. The number of anilines is 1. The van der Waals surface area contributed by atoms with Crippen LogP contribution in [0, 0.1) is 0 Å². The molecule has 4 aromatic carbocycles. The van der Waals surface area contributed by atoms with Crippen LogP contribution in [-0.4, -0.2) is 17.5 Å². The average Bonchev–Trinajstić information content (AvgIpc) is 2.92. The monoisotopic (exact) mass is 527 g/mol. The Bertz CT molecular complexity index is 1410. The number of carbonyl (C=O) groups excluding carboxylic acids is 2. The highest BCUT2D eigenvalue weighted by Crippen LogP contribution is 2.19. The first-order valence-corrected chi connectivity index (χ1v) is 13.2. The third kappa shape index (κ3) is 7.81. The van der Waals surface area contributed by atoms with E-state index in [1.54, 1.807) is 43.3 Å². The molecule has 0 aliphatic rings. The predicted molar refractivity (Wildman–Crippen MR) is 153 cm³/mol. The lowest BCUT2D eigenvalue weighted by Crippen LogP contribution is -2.19. The van der Waals surface area contributed by atoms with E-state index in [2.05, 4.69) is 28.0 Å². The largest absolute Gasteiger partial charge is 0.322 e. The summed E-state index contributed by atoms with van der Waals surface area (Å²) in [6, 6.07) is 31.9. The number of hydrazone groups is 1. The highest BCUT2D eigenvalue weighted by molar-refractivity contribution is 7.97. The molecular formula is C30H26ClN3O2S. The van der Waals surface area contributed by atoms with Gasteiger partial charge in [-0.1, -0.05) is 72.3 Å². The molecule has 0 unspecified atom stereocenters. The molecular weight excluding hydrogens is 502 g/mol. The van der Waals surface area contributed by atoms with Crippen LogP contribution in [-0.2, 0) is 11.5 Å². The minimum atomic E-state index is -0.284. The fourth-order valence-corrected chi connectivity index (χ4v) is 4.68. The van der Waals surface area contributed by atoms with E-state index in [1.165, 1.54) is 5.56 Å². The molecule has 2 N–H and O–H groups in total. The lowest BCUT2D eigenvalue weighted by molar-refractivity contribution is 0.0954. The van der Waals surface area contributed by atoms with Crippen molar-refractivity contribution in [3.8, 4) is 0 Å². The van der Waals surface area contributed by atoms with Crippen LogP contribution >= 0.6 is 23.4 Å².